The Morgan fingerprint density at radius 2 is 2.33 bits per heavy atom. The lowest BCUT2D eigenvalue weighted by Crippen LogP contribution is -2.06. The monoisotopic (exact) mass is 226 g/mol. The van der Waals surface area contributed by atoms with Crippen molar-refractivity contribution < 1.29 is 9.66 Å². The fraction of sp³-hybridized carbons (Fsp3) is 0.222. The van der Waals surface area contributed by atoms with Crippen molar-refractivity contribution in [1.82, 2.24) is 0 Å². The van der Waals surface area contributed by atoms with Gasteiger partial charge in [-0.3, -0.25) is 10.1 Å². The summed E-state index contributed by atoms with van der Waals surface area (Å²) in [7, 11) is 0. The van der Waals surface area contributed by atoms with E-state index in [0.29, 0.717) is 13.2 Å². The van der Waals surface area contributed by atoms with Crippen molar-refractivity contribution in [2.24, 2.45) is 4.99 Å². The molecule has 1 aliphatic heterocycles. The number of nitrogens with zero attached hydrogens (tertiary/aromatic N) is 2. The number of halogens is 1. The third-order valence-corrected chi connectivity index (χ3v) is 2.30. The first-order chi connectivity index (χ1) is 7.20. The molecule has 0 amide bonds. The van der Waals surface area contributed by atoms with Crippen LogP contribution in [0.5, 0.6) is 0 Å². The first-order valence-corrected chi connectivity index (χ1v) is 4.68. The summed E-state index contributed by atoms with van der Waals surface area (Å²) in [6.45, 7) is 0.954. The number of nitro benzene ring substituents is 1. The molecule has 0 atom stereocenters. The molecule has 15 heavy (non-hydrogen) atoms. The van der Waals surface area contributed by atoms with Crippen molar-refractivity contribution in [2.75, 3.05) is 13.2 Å². The Hall–Kier alpha value is -1.62. The molecule has 0 radical (unpaired) electrons. The Balaban J connectivity index is 2.56. The molecule has 6 heteroatoms. The first kappa shape index (κ1) is 9.92. The van der Waals surface area contributed by atoms with Crippen LogP contribution >= 0.6 is 11.6 Å². The maximum absolute atomic E-state index is 10.8. The summed E-state index contributed by atoms with van der Waals surface area (Å²) < 4.78 is 5.17. The molecule has 1 heterocycles. The minimum atomic E-state index is -0.495. The van der Waals surface area contributed by atoms with Crippen LogP contribution in [-0.2, 0) is 4.74 Å². The average Bonchev–Trinajstić information content (AvgIpc) is 2.70. The number of ether oxygens (including phenoxy) is 1. The van der Waals surface area contributed by atoms with Crippen LogP contribution in [0.15, 0.2) is 23.2 Å². The summed E-state index contributed by atoms with van der Waals surface area (Å²) >= 11 is 5.89. The van der Waals surface area contributed by atoms with Crippen molar-refractivity contribution in [1.29, 1.82) is 0 Å². The van der Waals surface area contributed by atoms with Gasteiger partial charge >= 0.3 is 0 Å². The number of benzene rings is 1. The van der Waals surface area contributed by atoms with E-state index in [0.717, 1.165) is 0 Å². The van der Waals surface area contributed by atoms with Gasteiger partial charge in [0.15, 0.2) is 0 Å². The number of rotatable bonds is 2. The minimum Gasteiger partial charge on any atom is -0.475 e. The van der Waals surface area contributed by atoms with Gasteiger partial charge in [0.05, 0.1) is 16.5 Å². The molecule has 5 nitrogen and oxygen atoms in total. The quantitative estimate of drug-likeness (QED) is 0.572. The van der Waals surface area contributed by atoms with Gasteiger partial charge in [-0.05, 0) is 6.07 Å². The highest BCUT2D eigenvalue weighted by molar-refractivity contribution is 6.34. The van der Waals surface area contributed by atoms with Crippen LogP contribution in [0.2, 0.25) is 5.02 Å². The molecule has 1 aromatic carbocycles. The number of aliphatic imine (C=N–C) groups is 1. The Morgan fingerprint density at radius 1 is 1.53 bits per heavy atom. The molecular formula is C9H7ClN2O3. The molecule has 0 bridgehead atoms. The third kappa shape index (κ3) is 1.78. The van der Waals surface area contributed by atoms with E-state index in [1.54, 1.807) is 6.07 Å². The third-order valence-electron chi connectivity index (χ3n) is 1.99. The molecule has 0 saturated carbocycles. The van der Waals surface area contributed by atoms with Crippen molar-refractivity contribution in [3.8, 4) is 0 Å². The second-order valence-electron chi connectivity index (χ2n) is 2.93. The van der Waals surface area contributed by atoms with Crippen LogP contribution < -0.4 is 0 Å². The van der Waals surface area contributed by atoms with Crippen LogP contribution in [0.4, 0.5) is 5.69 Å². The molecule has 0 saturated heterocycles. The predicted octanol–water partition coefficient (Wildman–Crippen LogP) is 2.03. The summed E-state index contributed by atoms with van der Waals surface area (Å²) in [5.74, 6) is 0.257. The van der Waals surface area contributed by atoms with E-state index in [9.17, 15) is 10.1 Å². The van der Waals surface area contributed by atoms with Crippen LogP contribution in [-0.4, -0.2) is 24.0 Å². The fourth-order valence-corrected chi connectivity index (χ4v) is 1.61. The Kier molecular flexibility index (Phi) is 2.55. The molecule has 0 fully saturated rings. The molecular weight excluding hydrogens is 220 g/mol. The van der Waals surface area contributed by atoms with Crippen LogP contribution in [0.25, 0.3) is 0 Å². The zero-order chi connectivity index (χ0) is 10.8. The van der Waals surface area contributed by atoms with Gasteiger partial charge in [0.1, 0.15) is 12.2 Å². The lowest BCUT2D eigenvalue weighted by Gasteiger charge is -2.04. The number of nitro groups is 1. The Labute approximate surface area is 90.5 Å². The molecule has 78 valence electrons. The smallest absolute Gasteiger partial charge is 0.283 e. The van der Waals surface area contributed by atoms with Gasteiger partial charge in [0.2, 0.25) is 5.90 Å². The molecule has 0 unspecified atom stereocenters. The molecule has 0 N–H and O–H groups in total. The largest absolute Gasteiger partial charge is 0.475 e. The highest BCUT2D eigenvalue weighted by Gasteiger charge is 2.24. The highest BCUT2D eigenvalue weighted by atomic mass is 35.5. The van der Waals surface area contributed by atoms with Crippen LogP contribution in [0, 0.1) is 10.1 Å². The lowest BCUT2D eigenvalue weighted by atomic mass is 10.2. The van der Waals surface area contributed by atoms with E-state index in [4.69, 9.17) is 16.3 Å². The molecule has 0 aromatic heterocycles. The first-order valence-electron chi connectivity index (χ1n) is 4.30. The second kappa shape index (κ2) is 3.86. The second-order valence-corrected chi connectivity index (χ2v) is 3.33. The van der Waals surface area contributed by atoms with Gasteiger partial charge in [0.25, 0.3) is 5.69 Å². The minimum absolute atomic E-state index is 0.0804. The van der Waals surface area contributed by atoms with Gasteiger partial charge in [-0.1, -0.05) is 17.7 Å². The standard InChI is InChI=1S/C9H7ClN2O3/c10-6-2-1-3-7(12(13)14)8(6)9-11-4-5-15-9/h1-3H,4-5H2. The topological polar surface area (TPSA) is 64.7 Å². The van der Waals surface area contributed by atoms with Gasteiger partial charge in [-0.25, -0.2) is 4.99 Å². The zero-order valence-corrected chi connectivity index (χ0v) is 8.40. The van der Waals surface area contributed by atoms with Gasteiger partial charge in [-0.2, -0.15) is 0 Å². The van der Waals surface area contributed by atoms with Gasteiger partial charge in [0, 0.05) is 6.07 Å². The SMILES string of the molecule is O=[N+]([O-])c1cccc(Cl)c1C1=NCCO1. The van der Waals surface area contributed by atoms with Crippen LogP contribution in [0.1, 0.15) is 5.56 Å². The maximum Gasteiger partial charge on any atom is 0.283 e. The Morgan fingerprint density at radius 3 is 2.93 bits per heavy atom. The zero-order valence-electron chi connectivity index (χ0n) is 7.64. The lowest BCUT2D eigenvalue weighted by molar-refractivity contribution is -0.385. The Bertz CT molecular complexity index is 445. The summed E-state index contributed by atoms with van der Waals surface area (Å²) in [6, 6.07) is 4.49. The molecule has 0 aliphatic carbocycles. The molecule has 1 aliphatic rings. The number of hydrogen-bond acceptors (Lipinski definition) is 4. The van der Waals surface area contributed by atoms with E-state index in [1.807, 2.05) is 0 Å². The van der Waals surface area contributed by atoms with Crippen molar-refractivity contribution in [2.45, 2.75) is 0 Å². The molecule has 2 rings (SSSR count). The van der Waals surface area contributed by atoms with Gasteiger partial charge in [-0.15, -0.1) is 0 Å². The predicted molar refractivity (Wildman–Crippen MR) is 55.5 cm³/mol. The molecule has 1 aromatic rings. The maximum atomic E-state index is 10.8. The van der Waals surface area contributed by atoms with Crippen molar-refractivity contribution in [3.05, 3.63) is 38.9 Å². The highest BCUT2D eigenvalue weighted by Crippen LogP contribution is 2.28. The van der Waals surface area contributed by atoms with Crippen molar-refractivity contribution in [3.63, 3.8) is 0 Å². The van der Waals surface area contributed by atoms with E-state index in [2.05, 4.69) is 4.99 Å². The van der Waals surface area contributed by atoms with Crippen LogP contribution in [0.3, 0.4) is 0 Å². The van der Waals surface area contributed by atoms with Crippen molar-refractivity contribution >= 4 is 23.2 Å². The number of hydrogen-bond donors (Lipinski definition) is 0. The molecule has 0 spiro atoms. The van der Waals surface area contributed by atoms with E-state index in [-0.39, 0.29) is 22.2 Å². The average molecular weight is 227 g/mol. The van der Waals surface area contributed by atoms with Gasteiger partial charge < -0.3 is 4.74 Å². The van der Waals surface area contributed by atoms with E-state index < -0.39 is 4.92 Å². The summed E-state index contributed by atoms with van der Waals surface area (Å²) in [5, 5.41) is 11.0. The fourth-order valence-electron chi connectivity index (χ4n) is 1.36. The normalized spacial score (nSPS) is 14.6. The summed E-state index contributed by atoms with van der Waals surface area (Å²) in [6.07, 6.45) is 0. The van der Waals surface area contributed by atoms with E-state index in [1.165, 1.54) is 12.1 Å². The summed E-state index contributed by atoms with van der Waals surface area (Å²) in [4.78, 5) is 14.3. The summed E-state index contributed by atoms with van der Waals surface area (Å²) in [5.41, 5.74) is 0.185. The van der Waals surface area contributed by atoms with E-state index >= 15 is 0 Å².